The Kier molecular flexibility index (Phi) is 5.82. The van der Waals surface area contributed by atoms with E-state index in [4.69, 9.17) is 4.52 Å². The highest BCUT2D eigenvalue weighted by atomic mass is 127. The first-order valence-electron chi connectivity index (χ1n) is 7.24. The maximum absolute atomic E-state index is 5.36. The fourth-order valence-electron chi connectivity index (χ4n) is 2.21. The molecule has 22 heavy (non-hydrogen) atoms. The number of nitrogens with one attached hydrogen (secondary N) is 2. The zero-order valence-electron chi connectivity index (χ0n) is 12.7. The number of halogens is 1. The Morgan fingerprint density at radius 1 is 1.36 bits per heavy atom. The summed E-state index contributed by atoms with van der Waals surface area (Å²) >= 11 is 0. The van der Waals surface area contributed by atoms with Crippen molar-refractivity contribution < 1.29 is 4.52 Å². The monoisotopic (exact) mass is 412 g/mol. The molecule has 1 aromatic carbocycles. The van der Waals surface area contributed by atoms with E-state index in [0.29, 0.717) is 12.6 Å². The van der Waals surface area contributed by atoms with E-state index >= 15 is 0 Å². The smallest absolute Gasteiger partial charge is 0.191 e. The maximum atomic E-state index is 5.36. The van der Waals surface area contributed by atoms with Crippen molar-refractivity contribution in [1.82, 2.24) is 15.8 Å². The van der Waals surface area contributed by atoms with E-state index in [9.17, 15) is 0 Å². The van der Waals surface area contributed by atoms with Gasteiger partial charge >= 0.3 is 0 Å². The minimum Gasteiger partial charge on any atom is -0.359 e. The van der Waals surface area contributed by atoms with Gasteiger partial charge in [-0.2, -0.15) is 0 Å². The molecular weight excluding hydrogens is 391 g/mol. The maximum Gasteiger partial charge on any atom is 0.191 e. The Labute approximate surface area is 147 Å². The van der Waals surface area contributed by atoms with Gasteiger partial charge in [0.15, 0.2) is 11.7 Å². The van der Waals surface area contributed by atoms with Crippen LogP contribution in [0.3, 0.4) is 0 Å². The zero-order valence-corrected chi connectivity index (χ0v) is 15.1. The molecule has 5 nitrogen and oxygen atoms in total. The fourth-order valence-corrected chi connectivity index (χ4v) is 2.21. The minimum atomic E-state index is 0. The van der Waals surface area contributed by atoms with Crippen LogP contribution in [0.2, 0.25) is 0 Å². The molecule has 0 bridgehead atoms. The molecule has 0 amide bonds. The molecule has 118 valence electrons. The number of aromatic nitrogens is 1. The average molecular weight is 412 g/mol. The van der Waals surface area contributed by atoms with Gasteiger partial charge in [-0.3, -0.25) is 4.99 Å². The molecule has 1 aliphatic carbocycles. The summed E-state index contributed by atoms with van der Waals surface area (Å²) in [6, 6.07) is 12.5. The van der Waals surface area contributed by atoms with Gasteiger partial charge in [-0.1, -0.05) is 42.4 Å². The highest BCUT2D eigenvalue weighted by molar-refractivity contribution is 14.0. The van der Waals surface area contributed by atoms with E-state index in [-0.39, 0.29) is 24.0 Å². The molecule has 3 rings (SSSR count). The molecule has 1 saturated carbocycles. The third-order valence-corrected chi connectivity index (χ3v) is 3.71. The van der Waals surface area contributed by atoms with Gasteiger partial charge in [0, 0.05) is 24.7 Å². The fraction of sp³-hybridized carbons (Fsp3) is 0.375. The molecule has 6 heteroatoms. The van der Waals surface area contributed by atoms with Crippen molar-refractivity contribution >= 4 is 29.9 Å². The summed E-state index contributed by atoms with van der Waals surface area (Å²) in [5, 5.41) is 10.7. The van der Waals surface area contributed by atoms with Crippen LogP contribution in [0.4, 0.5) is 0 Å². The molecule has 1 aromatic heterocycles. The van der Waals surface area contributed by atoms with Crippen LogP contribution in [0.1, 0.15) is 19.1 Å². The van der Waals surface area contributed by atoms with E-state index in [1.165, 1.54) is 6.42 Å². The molecule has 1 fully saturated rings. The van der Waals surface area contributed by atoms with Crippen molar-refractivity contribution in [2.45, 2.75) is 25.9 Å². The molecule has 1 aliphatic rings. The topological polar surface area (TPSA) is 62.5 Å². The van der Waals surface area contributed by atoms with Crippen molar-refractivity contribution in [2.75, 3.05) is 7.05 Å². The van der Waals surface area contributed by atoms with E-state index in [1.54, 1.807) is 7.05 Å². The second-order valence-corrected chi connectivity index (χ2v) is 5.43. The Hall–Kier alpha value is -1.57. The second kappa shape index (κ2) is 7.62. The zero-order chi connectivity index (χ0) is 14.7. The van der Waals surface area contributed by atoms with Crippen molar-refractivity contribution in [2.24, 2.45) is 10.9 Å². The summed E-state index contributed by atoms with van der Waals surface area (Å²) in [5.41, 5.74) is 1.91. The normalized spacial score (nSPS) is 20.2. The van der Waals surface area contributed by atoms with Crippen LogP contribution in [0.5, 0.6) is 0 Å². The molecular formula is C16H21IN4O. The van der Waals surface area contributed by atoms with Gasteiger partial charge in [-0.25, -0.2) is 0 Å². The number of hydrogen-bond donors (Lipinski definition) is 2. The Morgan fingerprint density at radius 3 is 2.73 bits per heavy atom. The van der Waals surface area contributed by atoms with Crippen LogP contribution in [0.15, 0.2) is 45.9 Å². The van der Waals surface area contributed by atoms with Gasteiger partial charge in [-0.05, 0) is 12.3 Å². The second-order valence-electron chi connectivity index (χ2n) is 5.43. The van der Waals surface area contributed by atoms with E-state index in [2.05, 4.69) is 27.7 Å². The van der Waals surface area contributed by atoms with Gasteiger partial charge in [0.2, 0.25) is 0 Å². The van der Waals surface area contributed by atoms with E-state index in [0.717, 1.165) is 28.9 Å². The van der Waals surface area contributed by atoms with Crippen molar-refractivity contribution in [1.29, 1.82) is 0 Å². The predicted molar refractivity (Wildman–Crippen MR) is 98.3 cm³/mol. The summed E-state index contributed by atoms with van der Waals surface area (Å²) in [6.45, 7) is 2.80. The Morgan fingerprint density at radius 2 is 2.09 bits per heavy atom. The first-order chi connectivity index (χ1) is 10.3. The Balaban J connectivity index is 0.00000176. The molecule has 0 spiro atoms. The number of guanidine groups is 1. The summed E-state index contributed by atoms with van der Waals surface area (Å²) in [7, 11) is 1.78. The van der Waals surface area contributed by atoms with E-state index < -0.39 is 0 Å². The number of aliphatic imine (C=N–C) groups is 1. The first kappa shape index (κ1) is 16.8. The summed E-state index contributed by atoms with van der Waals surface area (Å²) in [6.07, 6.45) is 1.21. The van der Waals surface area contributed by atoms with Crippen molar-refractivity contribution in [3.63, 3.8) is 0 Å². The molecule has 0 saturated heterocycles. The van der Waals surface area contributed by atoms with Crippen LogP contribution in [0.25, 0.3) is 11.3 Å². The third kappa shape index (κ3) is 4.22. The molecule has 1 heterocycles. The molecule has 2 unspecified atom stereocenters. The molecule has 2 atom stereocenters. The number of nitrogens with zero attached hydrogens (tertiary/aromatic N) is 2. The van der Waals surface area contributed by atoms with E-state index in [1.807, 2.05) is 36.4 Å². The number of benzene rings is 1. The van der Waals surface area contributed by atoms with Crippen LogP contribution >= 0.6 is 24.0 Å². The lowest BCUT2D eigenvalue weighted by Crippen LogP contribution is -2.38. The van der Waals surface area contributed by atoms with Gasteiger partial charge in [0.1, 0.15) is 5.69 Å². The lowest BCUT2D eigenvalue weighted by Gasteiger charge is -2.09. The lowest BCUT2D eigenvalue weighted by molar-refractivity contribution is 0.382. The van der Waals surface area contributed by atoms with Gasteiger partial charge < -0.3 is 15.2 Å². The third-order valence-electron chi connectivity index (χ3n) is 3.71. The standard InChI is InChI=1S/C16H20N4O.HI/c1-11-8-14(11)19-16(17-2)18-10-13-9-15(20-21-13)12-6-4-3-5-7-12;/h3-7,9,11,14H,8,10H2,1-2H3,(H2,17,18,19);1H. The summed E-state index contributed by atoms with van der Waals surface area (Å²) in [4.78, 5) is 4.22. The van der Waals surface area contributed by atoms with Crippen LogP contribution in [-0.4, -0.2) is 24.2 Å². The quantitative estimate of drug-likeness (QED) is 0.461. The SMILES string of the molecule is CN=C(NCc1cc(-c2ccccc2)no1)NC1CC1C.I. The highest BCUT2D eigenvalue weighted by Crippen LogP contribution is 2.28. The minimum absolute atomic E-state index is 0. The van der Waals surface area contributed by atoms with Crippen LogP contribution < -0.4 is 10.6 Å². The number of rotatable bonds is 4. The first-order valence-corrected chi connectivity index (χ1v) is 7.24. The molecule has 0 aliphatic heterocycles. The van der Waals surface area contributed by atoms with Crippen LogP contribution in [0, 0.1) is 5.92 Å². The molecule has 2 aromatic rings. The Bertz CT molecular complexity index is 626. The molecule has 0 radical (unpaired) electrons. The largest absolute Gasteiger partial charge is 0.359 e. The van der Waals surface area contributed by atoms with Crippen molar-refractivity contribution in [3.05, 3.63) is 42.2 Å². The summed E-state index contributed by atoms with van der Waals surface area (Å²) < 4.78 is 5.36. The highest BCUT2D eigenvalue weighted by Gasteiger charge is 2.33. The van der Waals surface area contributed by atoms with Gasteiger partial charge in [0.05, 0.1) is 6.54 Å². The van der Waals surface area contributed by atoms with Gasteiger partial charge in [-0.15, -0.1) is 24.0 Å². The average Bonchev–Trinajstić information content (AvgIpc) is 3.02. The van der Waals surface area contributed by atoms with Crippen molar-refractivity contribution in [3.8, 4) is 11.3 Å². The van der Waals surface area contributed by atoms with Crippen LogP contribution in [-0.2, 0) is 6.54 Å². The number of hydrogen-bond acceptors (Lipinski definition) is 3. The van der Waals surface area contributed by atoms with Gasteiger partial charge in [0.25, 0.3) is 0 Å². The summed E-state index contributed by atoms with van der Waals surface area (Å²) in [5.74, 6) is 2.33. The predicted octanol–water partition coefficient (Wildman–Crippen LogP) is 3.03. The molecule has 2 N–H and O–H groups in total. The lowest BCUT2D eigenvalue weighted by atomic mass is 10.1.